The molecule has 0 amide bonds. The van der Waals surface area contributed by atoms with E-state index in [0.717, 1.165) is 24.7 Å². The molecule has 3 heteroatoms. The molecule has 1 heterocycles. The van der Waals surface area contributed by atoms with Gasteiger partial charge in [0.05, 0.1) is 13.2 Å². The number of nitrogens with two attached hydrogens (primary N) is 1. The molecule has 2 N–H and O–H groups in total. The summed E-state index contributed by atoms with van der Waals surface area (Å²) in [7, 11) is 0. The molecule has 0 aliphatic carbocycles. The Bertz CT molecular complexity index is 341. The molecule has 1 aromatic carbocycles. The third kappa shape index (κ3) is 1.86. The van der Waals surface area contributed by atoms with Crippen molar-refractivity contribution in [3.8, 4) is 0 Å². The van der Waals surface area contributed by atoms with Gasteiger partial charge in [-0.3, -0.25) is 0 Å². The first kappa shape index (κ1) is 11.9. The van der Waals surface area contributed by atoms with E-state index in [1.54, 1.807) is 0 Å². The minimum atomic E-state index is 0.119. The number of benzene rings is 1. The molecule has 0 radical (unpaired) electrons. The average molecular weight is 240 g/mol. The highest BCUT2D eigenvalue weighted by Gasteiger charge is 2.45. The summed E-state index contributed by atoms with van der Waals surface area (Å²) < 4.78 is 5.42. The molecule has 88 valence electrons. The molecule has 1 aliphatic rings. The van der Waals surface area contributed by atoms with E-state index >= 15 is 0 Å². The summed E-state index contributed by atoms with van der Waals surface area (Å²) in [5, 5.41) is 0.778. The van der Waals surface area contributed by atoms with Crippen LogP contribution in [0.2, 0.25) is 5.02 Å². The van der Waals surface area contributed by atoms with Gasteiger partial charge in [0.15, 0.2) is 0 Å². The van der Waals surface area contributed by atoms with Crippen LogP contribution in [0.5, 0.6) is 0 Å². The van der Waals surface area contributed by atoms with Crippen molar-refractivity contribution in [2.24, 2.45) is 11.7 Å². The van der Waals surface area contributed by atoms with Crippen molar-refractivity contribution in [3.05, 3.63) is 34.9 Å². The van der Waals surface area contributed by atoms with Crippen molar-refractivity contribution < 1.29 is 4.74 Å². The quantitative estimate of drug-likeness (QED) is 0.877. The van der Waals surface area contributed by atoms with Crippen LogP contribution >= 0.6 is 11.6 Å². The summed E-state index contributed by atoms with van der Waals surface area (Å²) in [5.41, 5.74) is 7.29. The summed E-state index contributed by atoms with van der Waals surface area (Å²) in [6.45, 7) is 4.46. The molecular formula is C13H18ClNO. The second kappa shape index (κ2) is 4.74. The number of halogens is 1. The van der Waals surface area contributed by atoms with Crippen LogP contribution in [0.4, 0.5) is 0 Å². The molecule has 1 fully saturated rings. The molecule has 0 spiro atoms. The monoisotopic (exact) mass is 239 g/mol. The normalized spacial score (nSPS) is 20.2. The summed E-state index contributed by atoms with van der Waals surface area (Å²) >= 11 is 5.91. The molecule has 0 bridgehead atoms. The first-order valence-electron chi connectivity index (χ1n) is 5.77. The highest BCUT2D eigenvalue weighted by Crippen LogP contribution is 2.40. The highest BCUT2D eigenvalue weighted by atomic mass is 35.5. The Balaban J connectivity index is 2.30. The van der Waals surface area contributed by atoms with E-state index in [-0.39, 0.29) is 5.41 Å². The van der Waals surface area contributed by atoms with Gasteiger partial charge in [0.2, 0.25) is 0 Å². The first-order chi connectivity index (χ1) is 7.73. The van der Waals surface area contributed by atoms with E-state index in [1.807, 2.05) is 12.1 Å². The lowest BCUT2D eigenvalue weighted by molar-refractivity contribution is -0.0897. The summed E-state index contributed by atoms with van der Waals surface area (Å²) in [4.78, 5) is 0. The third-order valence-electron chi connectivity index (χ3n) is 3.70. The topological polar surface area (TPSA) is 35.2 Å². The maximum absolute atomic E-state index is 5.91. The fourth-order valence-electron chi connectivity index (χ4n) is 2.52. The van der Waals surface area contributed by atoms with Crippen LogP contribution in [0.15, 0.2) is 24.3 Å². The summed E-state index contributed by atoms with van der Waals surface area (Å²) in [6.07, 6.45) is 1.09. The van der Waals surface area contributed by atoms with Gasteiger partial charge in [-0.15, -0.1) is 0 Å². The molecule has 1 aliphatic heterocycles. The van der Waals surface area contributed by atoms with Crippen LogP contribution in [-0.4, -0.2) is 19.8 Å². The molecule has 1 unspecified atom stereocenters. The predicted molar refractivity (Wildman–Crippen MR) is 66.8 cm³/mol. The second-order valence-corrected chi connectivity index (χ2v) is 4.93. The van der Waals surface area contributed by atoms with E-state index in [9.17, 15) is 0 Å². The number of hydrogen-bond donors (Lipinski definition) is 1. The molecule has 0 aromatic heterocycles. The van der Waals surface area contributed by atoms with Gasteiger partial charge in [-0.1, -0.05) is 37.1 Å². The predicted octanol–water partition coefficient (Wildman–Crippen LogP) is 2.59. The van der Waals surface area contributed by atoms with Crippen LogP contribution in [0, 0.1) is 5.92 Å². The first-order valence-corrected chi connectivity index (χ1v) is 6.14. The minimum Gasteiger partial charge on any atom is -0.379 e. The standard InChI is InChI=1S/C13H18ClNO/c1-2-10(7-15)13(8-16-9-13)11-3-5-12(14)6-4-11/h3-6,10H,2,7-9,15H2,1H3. The molecule has 1 aromatic rings. The van der Waals surface area contributed by atoms with Gasteiger partial charge in [0, 0.05) is 10.4 Å². The largest absolute Gasteiger partial charge is 0.379 e. The van der Waals surface area contributed by atoms with Crippen molar-refractivity contribution in [2.75, 3.05) is 19.8 Å². The van der Waals surface area contributed by atoms with Crippen LogP contribution in [0.3, 0.4) is 0 Å². The lowest BCUT2D eigenvalue weighted by Gasteiger charge is -2.47. The van der Waals surface area contributed by atoms with Gasteiger partial charge in [-0.05, 0) is 30.2 Å². The van der Waals surface area contributed by atoms with E-state index < -0.39 is 0 Å². The van der Waals surface area contributed by atoms with Crippen LogP contribution in [0.25, 0.3) is 0 Å². The fourth-order valence-corrected chi connectivity index (χ4v) is 2.65. The van der Waals surface area contributed by atoms with E-state index in [1.165, 1.54) is 5.56 Å². The zero-order chi connectivity index (χ0) is 11.6. The van der Waals surface area contributed by atoms with Gasteiger partial charge in [-0.2, -0.15) is 0 Å². The van der Waals surface area contributed by atoms with Gasteiger partial charge >= 0.3 is 0 Å². The zero-order valence-electron chi connectivity index (χ0n) is 9.58. The fraction of sp³-hybridized carbons (Fsp3) is 0.538. The lowest BCUT2D eigenvalue weighted by Crippen LogP contribution is -2.54. The van der Waals surface area contributed by atoms with Crippen molar-refractivity contribution in [1.82, 2.24) is 0 Å². The van der Waals surface area contributed by atoms with Gasteiger partial charge in [0.1, 0.15) is 0 Å². The minimum absolute atomic E-state index is 0.119. The van der Waals surface area contributed by atoms with Crippen LogP contribution < -0.4 is 5.73 Å². The van der Waals surface area contributed by atoms with Crippen molar-refractivity contribution in [1.29, 1.82) is 0 Å². The molecule has 16 heavy (non-hydrogen) atoms. The van der Waals surface area contributed by atoms with E-state index in [0.29, 0.717) is 12.5 Å². The third-order valence-corrected chi connectivity index (χ3v) is 3.95. The maximum Gasteiger partial charge on any atom is 0.0588 e. The zero-order valence-corrected chi connectivity index (χ0v) is 10.3. The van der Waals surface area contributed by atoms with Crippen molar-refractivity contribution in [2.45, 2.75) is 18.8 Å². The number of hydrogen-bond acceptors (Lipinski definition) is 2. The van der Waals surface area contributed by atoms with Gasteiger partial charge < -0.3 is 10.5 Å². The van der Waals surface area contributed by atoms with Crippen molar-refractivity contribution in [3.63, 3.8) is 0 Å². The average Bonchev–Trinajstić information content (AvgIpc) is 2.25. The Morgan fingerprint density at radius 1 is 1.38 bits per heavy atom. The van der Waals surface area contributed by atoms with E-state index in [2.05, 4.69) is 19.1 Å². The Kier molecular flexibility index (Phi) is 3.53. The number of ether oxygens (including phenoxy) is 1. The maximum atomic E-state index is 5.91. The van der Waals surface area contributed by atoms with Crippen LogP contribution in [-0.2, 0) is 10.2 Å². The molecule has 1 atom stereocenters. The Hall–Kier alpha value is -0.570. The summed E-state index contributed by atoms with van der Waals surface area (Å²) in [5.74, 6) is 0.488. The molecule has 0 saturated carbocycles. The van der Waals surface area contributed by atoms with E-state index in [4.69, 9.17) is 22.1 Å². The molecule has 2 nitrogen and oxygen atoms in total. The Morgan fingerprint density at radius 3 is 2.38 bits per heavy atom. The summed E-state index contributed by atoms with van der Waals surface area (Å²) in [6, 6.07) is 8.09. The van der Waals surface area contributed by atoms with Gasteiger partial charge in [0.25, 0.3) is 0 Å². The second-order valence-electron chi connectivity index (χ2n) is 4.50. The Morgan fingerprint density at radius 2 is 2.00 bits per heavy atom. The van der Waals surface area contributed by atoms with Crippen LogP contribution in [0.1, 0.15) is 18.9 Å². The lowest BCUT2D eigenvalue weighted by atomic mass is 9.67. The molecule has 2 rings (SSSR count). The smallest absolute Gasteiger partial charge is 0.0588 e. The highest BCUT2D eigenvalue weighted by molar-refractivity contribution is 6.30. The van der Waals surface area contributed by atoms with Gasteiger partial charge in [-0.25, -0.2) is 0 Å². The molecular weight excluding hydrogens is 222 g/mol. The molecule has 1 saturated heterocycles. The Labute approximate surface area is 102 Å². The SMILES string of the molecule is CCC(CN)C1(c2ccc(Cl)cc2)COC1. The van der Waals surface area contributed by atoms with Crippen molar-refractivity contribution >= 4 is 11.6 Å². The number of rotatable bonds is 4.